The molecule has 0 N–H and O–H groups in total. The van der Waals surface area contributed by atoms with Gasteiger partial charge in [-0.2, -0.15) is 11.8 Å². The highest BCUT2D eigenvalue weighted by molar-refractivity contribution is 7.99. The lowest BCUT2D eigenvalue weighted by atomic mass is 10.2. The predicted molar refractivity (Wildman–Crippen MR) is 77.3 cm³/mol. The van der Waals surface area contributed by atoms with Crippen LogP contribution in [-0.2, 0) is 19.1 Å². The lowest BCUT2D eigenvalue weighted by molar-refractivity contribution is -0.162. The molecule has 0 spiro atoms. The molecule has 0 aliphatic carbocycles. The molecule has 6 heteroatoms. The molecule has 0 aliphatic rings. The van der Waals surface area contributed by atoms with Crippen LogP contribution in [0.15, 0.2) is 0 Å². The summed E-state index contributed by atoms with van der Waals surface area (Å²) in [6.45, 7) is 8.79. The van der Waals surface area contributed by atoms with Gasteiger partial charge in [0.15, 0.2) is 0 Å². The number of hydrogen-bond acceptors (Lipinski definition) is 6. The fourth-order valence-electron chi connectivity index (χ4n) is 1.46. The van der Waals surface area contributed by atoms with Gasteiger partial charge in [0.05, 0.1) is 13.2 Å². The monoisotopic (exact) mass is 291 g/mol. The number of esters is 2. The number of ether oxygens (including phenoxy) is 2. The maximum atomic E-state index is 11.8. The molecule has 0 saturated carbocycles. The summed E-state index contributed by atoms with van der Waals surface area (Å²) in [6, 6.07) is -0.965. The van der Waals surface area contributed by atoms with Crippen LogP contribution in [0.2, 0.25) is 0 Å². The molecule has 5 nitrogen and oxygen atoms in total. The molecule has 0 heterocycles. The van der Waals surface area contributed by atoms with Crippen LogP contribution in [0.5, 0.6) is 0 Å². The van der Waals surface area contributed by atoms with Crippen molar-refractivity contribution in [3.8, 4) is 0 Å². The van der Waals surface area contributed by atoms with E-state index in [0.29, 0.717) is 11.8 Å². The molecule has 0 rings (SSSR count). The smallest absolute Gasteiger partial charge is 0.335 e. The van der Waals surface area contributed by atoms with Crippen molar-refractivity contribution < 1.29 is 19.1 Å². The Bertz CT molecular complexity index is 266. The van der Waals surface area contributed by atoms with Crippen LogP contribution in [0.4, 0.5) is 0 Å². The average Bonchev–Trinajstić information content (AvgIpc) is 2.29. The fraction of sp³-hybridized carbons (Fsp3) is 0.846. The van der Waals surface area contributed by atoms with Gasteiger partial charge in [0.25, 0.3) is 0 Å². The van der Waals surface area contributed by atoms with Crippen LogP contribution >= 0.6 is 11.8 Å². The van der Waals surface area contributed by atoms with Crippen LogP contribution in [0.3, 0.4) is 0 Å². The van der Waals surface area contributed by atoms with E-state index in [0.717, 1.165) is 5.75 Å². The summed E-state index contributed by atoms with van der Waals surface area (Å²) in [5.41, 5.74) is 0. The van der Waals surface area contributed by atoms with E-state index < -0.39 is 18.0 Å². The normalized spacial score (nSPS) is 11.2. The Kier molecular flexibility index (Phi) is 9.69. The maximum Gasteiger partial charge on any atom is 0.335 e. The van der Waals surface area contributed by atoms with Gasteiger partial charge in [-0.25, -0.2) is 9.59 Å². The van der Waals surface area contributed by atoms with Crippen molar-refractivity contribution in [1.29, 1.82) is 0 Å². The minimum Gasteiger partial charge on any atom is -0.464 e. The quantitative estimate of drug-likeness (QED) is 0.474. The number of carbonyl (C=O) groups is 2. The molecule has 0 aromatic rings. The van der Waals surface area contributed by atoms with Crippen LogP contribution in [-0.4, -0.2) is 60.7 Å². The predicted octanol–water partition coefficient (Wildman–Crippen LogP) is 1.55. The Morgan fingerprint density at radius 1 is 1.11 bits per heavy atom. The minimum absolute atomic E-state index is 0.253. The van der Waals surface area contributed by atoms with Gasteiger partial charge in [-0.1, -0.05) is 13.8 Å². The highest BCUT2D eigenvalue weighted by atomic mass is 32.2. The van der Waals surface area contributed by atoms with Crippen LogP contribution in [0.1, 0.15) is 27.7 Å². The Morgan fingerprint density at radius 3 is 1.95 bits per heavy atom. The van der Waals surface area contributed by atoms with Crippen molar-refractivity contribution in [2.75, 3.05) is 32.6 Å². The Labute approximate surface area is 120 Å². The molecule has 19 heavy (non-hydrogen) atoms. The van der Waals surface area contributed by atoms with Gasteiger partial charge in [0, 0.05) is 12.3 Å². The van der Waals surface area contributed by atoms with E-state index in [-0.39, 0.29) is 13.2 Å². The van der Waals surface area contributed by atoms with Gasteiger partial charge >= 0.3 is 11.9 Å². The molecular formula is C13H25NO4S. The molecule has 0 bridgehead atoms. The van der Waals surface area contributed by atoms with Crippen LogP contribution in [0.25, 0.3) is 0 Å². The third-order valence-electron chi connectivity index (χ3n) is 2.36. The molecule has 0 fully saturated rings. The summed E-state index contributed by atoms with van der Waals surface area (Å²) in [4.78, 5) is 25.3. The number of carbonyl (C=O) groups excluding carboxylic acids is 2. The summed E-state index contributed by atoms with van der Waals surface area (Å²) in [6.07, 6.45) is 0. The third kappa shape index (κ3) is 7.42. The molecular weight excluding hydrogens is 266 g/mol. The molecule has 0 radical (unpaired) electrons. The molecule has 0 saturated heterocycles. The van der Waals surface area contributed by atoms with Crippen molar-refractivity contribution in [2.45, 2.75) is 39.0 Å². The van der Waals surface area contributed by atoms with E-state index in [4.69, 9.17) is 9.47 Å². The summed E-state index contributed by atoms with van der Waals surface area (Å²) in [7, 11) is 1.74. The van der Waals surface area contributed by atoms with Gasteiger partial charge in [-0.3, -0.25) is 4.90 Å². The van der Waals surface area contributed by atoms with Crippen molar-refractivity contribution >= 4 is 23.7 Å². The van der Waals surface area contributed by atoms with Gasteiger partial charge in [0.2, 0.25) is 6.04 Å². The second kappa shape index (κ2) is 10.1. The van der Waals surface area contributed by atoms with E-state index in [1.54, 1.807) is 37.6 Å². The average molecular weight is 291 g/mol. The van der Waals surface area contributed by atoms with Crippen molar-refractivity contribution in [2.24, 2.45) is 0 Å². The summed E-state index contributed by atoms with van der Waals surface area (Å²) >= 11 is 1.78. The number of likely N-dealkylation sites (N-methyl/N-ethyl adjacent to an activating group) is 1. The first-order valence-corrected chi connectivity index (χ1v) is 7.63. The summed E-state index contributed by atoms with van der Waals surface area (Å²) in [5.74, 6) is -0.236. The van der Waals surface area contributed by atoms with Crippen molar-refractivity contribution in [3.05, 3.63) is 0 Å². The molecule has 0 atom stereocenters. The Balaban J connectivity index is 4.53. The number of nitrogens with zero attached hydrogens (tertiary/aromatic N) is 1. The van der Waals surface area contributed by atoms with Crippen LogP contribution < -0.4 is 0 Å². The SMILES string of the molecule is CCOC(=O)C(C(=O)OCC)N(C)CCSC(C)C. The third-order valence-corrected chi connectivity index (χ3v) is 3.44. The molecule has 112 valence electrons. The first kappa shape index (κ1) is 18.2. The molecule has 0 aliphatic heterocycles. The summed E-state index contributed by atoms with van der Waals surface area (Å²) in [5, 5.41) is 0.525. The number of thioether (sulfide) groups is 1. The highest BCUT2D eigenvalue weighted by Crippen LogP contribution is 2.10. The maximum absolute atomic E-state index is 11.8. The zero-order valence-electron chi connectivity index (χ0n) is 12.5. The van der Waals surface area contributed by atoms with Gasteiger partial charge in [-0.05, 0) is 26.1 Å². The first-order valence-electron chi connectivity index (χ1n) is 6.59. The fourth-order valence-corrected chi connectivity index (χ4v) is 2.32. The Morgan fingerprint density at radius 2 is 1.58 bits per heavy atom. The lowest BCUT2D eigenvalue weighted by Crippen LogP contribution is -2.47. The van der Waals surface area contributed by atoms with Gasteiger partial charge in [-0.15, -0.1) is 0 Å². The lowest BCUT2D eigenvalue weighted by Gasteiger charge is -2.24. The molecule has 0 aromatic carbocycles. The zero-order chi connectivity index (χ0) is 14.8. The topological polar surface area (TPSA) is 55.8 Å². The second-order valence-electron chi connectivity index (χ2n) is 4.31. The number of rotatable bonds is 9. The standard InChI is InChI=1S/C13H25NO4S/c1-6-17-12(15)11(13(16)18-7-2)14(5)8-9-19-10(3)4/h10-11H,6-9H2,1-5H3. The minimum atomic E-state index is -0.965. The molecule has 0 aromatic heterocycles. The van der Waals surface area contributed by atoms with E-state index in [1.165, 1.54) is 0 Å². The molecule has 0 unspecified atom stereocenters. The second-order valence-corrected chi connectivity index (χ2v) is 5.99. The van der Waals surface area contributed by atoms with E-state index in [1.807, 2.05) is 0 Å². The van der Waals surface area contributed by atoms with Gasteiger partial charge in [0.1, 0.15) is 0 Å². The van der Waals surface area contributed by atoms with Gasteiger partial charge < -0.3 is 9.47 Å². The van der Waals surface area contributed by atoms with Crippen molar-refractivity contribution in [1.82, 2.24) is 4.90 Å². The number of hydrogen-bond donors (Lipinski definition) is 0. The van der Waals surface area contributed by atoms with E-state index in [2.05, 4.69) is 13.8 Å². The van der Waals surface area contributed by atoms with E-state index in [9.17, 15) is 9.59 Å². The molecule has 0 amide bonds. The first-order chi connectivity index (χ1) is 8.93. The van der Waals surface area contributed by atoms with E-state index >= 15 is 0 Å². The summed E-state index contributed by atoms with van der Waals surface area (Å²) < 4.78 is 9.86. The Hall–Kier alpha value is -0.750. The zero-order valence-corrected chi connectivity index (χ0v) is 13.3. The van der Waals surface area contributed by atoms with Crippen LogP contribution in [0, 0.1) is 0 Å². The largest absolute Gasteiger partial charge is 0.464 e. The van der Waals surface area contributed by atoms with Crippen molar-refractivity contribution in [3.63, 3.8) is 0 Å². The highest BCUT2D eigenvalue weighted by Gasteiger charge is 2.33.